The molecule has 4 nitrogen and oxygen atoms in total. The summed E-state index contributed by atoms with van der Waals surface area (Å²) in [5.41, 5.74) is 0. The minimum Gasteiger partial charge on any atom is -0.315 e. The predicted octanol–water partition coefficient (Wildman–Crippen LogP) is 2.51. The van der Waals surface area contributed by atoms with Gasteiger partial charge in [-0.1, -0.05) is 11.6 Å². The number of benzene rings is 1. The summed E-state index contributed by atoms with van der Waals surface area (Å²) in [5.74, 6) is 0. The molecule has 1 fully saturated rings. The molecule has 108 valence electrons. The van der Waals surface area contributed by atoms with E-state index in [4.69, 9.17) is 11.6 Å². The molecule has 2 rings (SSSR count). The van der Waals surface area contributed by atoms with E-state index in [-0.39, 0.29) is 23.3 Å². The average Bonchev–Trinajstić information content (AvgIpc) is 2.85. The number of sulfonamides is 1. The highest BCUT2D eigenvalue weighted by molar-refractivity contribution is 9.10. The third-order valence-electron chi connectivity index (χ3n) is 3.12. The molecule has 0 bridgehead atoms. The molecule has 1 aromatic carbocycles. The van der Waals surface area contributed by atoms with Gasteiger partial charge in [-0.15, -0.1) is 12.4 Å². The van der Waals surface area contributed by atoms with E-state index in [1.807, 2.05) is 0 Å². The van der Waals surface area contributed by atoms with Crippen LogP contribution in [0.3, 0.4) is 0 Å². The van der Waals surface area contributed by atoms with Crippen molar-refractivity contribution < 1.29 is 8.42 Å². The first-order chi connectivity index (χ1) is 8.43. The first kappa shape index (κ1) is 17.2. The zero-order valence-corrected chi connectivity index (χ0v) is 14.2. The minimum atomic E-state index is -3.46. The normalized spacial score (nSPS) is 19.5. The predicted molar refractivity (Wildman–Crippen MR) is 82.6 cm³/mol. The van der Waals surface area contributed by atoms with Gasteiger partial charge in [0.05, 0.1) is 9.92 Å². The van der Waals surface area contributed by atoms with Gasteiger partial charge in [0.25, 0.3) is 0 Å². The quantitative estimate of drug-likeness (QED) is 0.863. The lowest BCUT2D eigenvalue weighted by molar-refractivity contribution is 0.388. The zero-order chi connectivity index (χ0) is 13.3. The Bertz CT molecular complexity index is 548. The second-order valence-electron chi connectivity index (χ2n) is 4.24. The molecule has 8 heteroatoms. The van der Waals surface area contributed by atoms with Gasteiger partial charge in [-0.05, 0) is 47.1 Å². The number of rotatable bonds is 3. The fraction of sp³-hybridized carbons (Fsp3) is 0.455. The summed E-state index contributed by atoms with van der Waals surface area (Å²) in [7, 11) is -1.84. The van der Waals surface area contributed by atoms with Gasteiger partial charge in [-0.3, -0.25) is 0 Å². The van der Waals surface area contributed by atoms with Gasteiger partial charge >= 0.3 is 0 Å². The Labute approximate surface area is 133 Å². The molecule has 1 aliphatic heterocycles. The number of hydrogen-bond donors (Lipinski definition) is 1. The van der Waals surface area contributed by atoms with Gasteiger partial charge in [-0.25, -0.2) is 8.42 Å². The van der Waals surface area contributed by atoms with Crippen molar-refractivity contribution in [1.82, 2.24) is 9.62 Å². The van der Waals surface area contributed by atoms with E-state index >= 15 is 0 Å². The lowest BCUT2D eigenvalue weighted by atomic mass is 10.3. The van der Waals surface area contributed by atoms with Crippen LogP contribution in [0.5, 0.6) is 0 Å². The number of hydrogen-bond acceptors (Lipinski definition) is 3. The van der Waals surface area contributed by atoms with Crippen LogP contribution in [-0.2, 0) is 10.0 Å². The number of likely N-dealkylation sites (N-methyl/N-ethyl adjacent to an activating group) is 1. The maximum atomic E-state index is 12.4. The molecule has 0 spiro atoms. The monoisotopic (exact) mass is 388 g/mol. The molecular formula is C11H15BrCl2N2O2S. The molecule has 0 saturated carbocycles. The van der Waals surface area contributed by atoms with Crippen LogP contribution in [0.25, 0.3) is 0 Å². The summed E-state index contributed by atoms with van der Waals surface area (Å²) in [4.78, 5) is 0.258. The topological polar surface area (TPSA) is 49.4 Å². The van der Waals surface area contributed by atoms with Crippen molar-refractivity contribution in [3.8, 4) is 0 Å². The van der Waals surface area contributed by atoms with Gasteiger partial charge in [0.15, 0.2) is 0 Å². The van der Waals surface area contributed by atoms with Crippen molar-refractivity contribution >= 4 is 50.0 Å². The van der Waals surface area contributed by atoms with Crippen LogP contribution in [0.4, 0.5) is 0 Å². The van der Waals surface area contributed by atoms with Gasteiger partial charge in [0.2, 0.25) is 10.0 Å². The second kappa shape index (κ2) is 6.74. The van der Waals surface area contributed by atoms with E-state index in [0.717, 1.165) is 13.0 Å². The first-order valence-electron chi connectivity index (χ1n) is 5.57. The minimum absolute atomic E-state index is 0. The number of nitrogens with zero attached hydrogens (tertiary/aromatic N) is 1. The summed E-state index contributed by atoms with van der Waals surface area (Å²) in [6, 6.07) is 4.67. The molecule has 1 heterocycles. The SMILES string of the molecule is CN(C1CCNC1)S(=O)(=O)c1ccc(Cl)c(Br)c1.Cl. The number of halogens is 3. The fourth-order valence-corrected chi connectivity index (χ4v) is 4.01. The molecular weight excluding hydrogens is 375 g/mol. The van der Waals surface area contributed by atoms with Gasteiger partial charge in [-0.2, -0.15) is 4.31 Å². The molecule has 1 saturated heterocycles. The highest BCUT2D eigenvalue weighted by atomic mass is 79.9. The summed E-state index contributed by atoms with van der Waals surface area (Å²) < 4.78 is 26.9. The van der Waals surface area contributed by atoms with E-state index in [9.17, 15) is 8.42 Å². The van der Waals surface area contributed by atoms with Crippen molar-refractivity contribution in [2.24, 2.45) is 0 Å². The zero-order valence-electron chi connectivity index (χ0n) is 10.3. The Morgan fingerprint density at radius 3 is 2.68 bits per heavy atom. The smallest absolute Gasteiger partial charge is 0.243 e. The van der Waals surface area contributed by atoms with E-state index in [1.165, 1.54) is 16.4 Å². The second-order valence-corrected chi connectivity index (χ2v) is 7.50. The lowest BCUT2D eigenvalue weighted by Gasteiger charge is -2.23. The Kier molecular flexibility index (Phi) is 6.10. The fourth-order valence-electron chi connectivity index (χ4n) is 1.95. The molecule has 1 aromatic rings. The van der Waals surface area contributed by atoms with Crippen LogP contribution in [0, 0.1) is 0 Å². The Hall–Kier alpha value is 0.150. The molecule has 0 aliphatic carbocycles. The van der Waals surface area contributed by atoms with Crippen molar-refractivity contribution in [3.63, 3.8) is 0 Å². The standard InChI is InChI=1S/C11H14BrClN2O2S.ClH/c1-15(8-4-5-14-7-8)18(16,17)9-2-3-11(13)10(12)6-9;/h2-3,6,8,14H,4-5,7H2,1H3;1H. The van der Waals surface area contributed by atoms with E-state index in [2.05, 4.69) is 21.2 Å². The highest BCUT2D eigenvalue weighted by Gasteiger charge is 2.30. The maximum Gasteiger partial charge on any atom is 0.243 e. The summed E-state index contributed by atoms with van der Waals surface area (Å²) in [6.07, 6.45) is 0.838. The average molecular weight is 390 g/mol. The lowest BCUT2D eigenvalue weighted by Crippen LogP contribution is -2.38. The molecule has 1 aliphatic rings. The summed E-state index contributed by atoms with van der Waals surface area (Å²) in [6.45, 7) is 1.55. The van der Waals surface area contributed by atoms with Crippen LogP contribution in [0.15, 0.2) is 27.6 Å². The Morgan fingerprint density at radius 1 is 1.47 bits per heavy atom. The maximum absolute atomic E-state index is 12.4. The van der Waals surface area contributed by atoms with E-state index in [1.54, 1.807) is 13.1 Å². The van der Waals surface area contributed by atoms with E-state index < -0.39 is 10.0 Å². The first-order valence-corrected chi connectivity index (χ1v) is 8.18. The van der Waals surface area contributed by atoms with Crippen LogP contribution < -0.4 is 5.32 Å². The summed E-state index contributed by atoms with van der Waals surface area (Å²) in [5, 5.41) is 3.66. The largest absolute Gasteiger partial charge is 0.315 e. The third-order valence-corrected chi connectivity index (χ3v) is 6.24. The molecule has 19 heavy (non-hydrogen) atoms. The molecule has 1 atom stereocenters. The number of nitrogens with one attached hydrogen (secondary N) is 1. The van der Waals surface area contributed by atoms with Crippen molar-refractivity contribution in [1.29, 1.82) is 0 Å². The Morgan fingerprint density at radius 2 is 2.16 bits per heavy atom. The summed E-state index contributed by atoms with van der Waals surface area (Å²) >= 11 is 9.12. The van der Waals surface area contributed by atoms with Crippen LogP contribution in [0.1, 0.15) is 6.42 Å². The van der Waals surface area contributed by atoms with Crippen LogP contribution in [0.2, 0.25) is 5.02 Å². The molecule has 1 N–H and O–H groups in total. The van der Waals surface area contributed by atoms with E-state index in [0.29, 0.717) is 16.0 Å². The van der Waals surface area contributed by atoms with Gasteiger partial charge < -0.3 is 5.32 Å². The van der Waals surface area contributed by atoms with Gasteiger partial charge in [0, 0.05) is 24.1 Å². The molecule has 0 radical (unpaired) electrons. The highest BCUT2D eigenvalue weighted by Crippen LogP contribution is 2.27. The third kappa shape index (κ3) is 3.62. The molecule has 0 amide bonds. The van der Waals surface area contributed by atoms with Crippen LogP contribution >= 0.6 is 39.9 Å². The van der Waals surface area contributed by atoms with Crippen molar-refractivity contribution in [2.45, 2.75) is 17.4 Å². The van der Waals surface area contributed by atoms with Gasteiger partial charge in [0.1, 0.15) is 0 Å². The molecule has 1 unspecified atom stereocenters. The van der Waals surface area contributed by atoms with Crippen LogP contribution in [-0.4, -0.2) is 38.9 Å². The van der Waals surface area contributed by atoms with Crippen molar-refractivity contribution in [2.75, 3.05) is 20.1 Å². The molecule has 0 aromatic heterocycles. The Balaban J connectivity index is 0.00000180. The van der Waals surface area contributed by atoms with Crippen molar-refractivity contribution in [3.05, 3.63) is 27.7 Å².